The highest BCUT2D eigenvalue weighted by atomic mass is 35.5. The number of halogens is 1. The summed E-state index contributed by atoms with van der Waals surface area (Å²) in [6.45, 7) is 5.03. The van der Waals surface area contributed by atoms with Crippen LogP contribution in [0.4, 0.5) is 5.69 Å². The van der Waals surface area contributed by atoms with Crippen molar-refractivity contribution in [1.82, 2.24) is 10.0 Å². The van der Waals surface area contributed by atoms with E-state index in [2.05, 4.69) is 10.0 Å². The third kappa shape index (κ3) is 4.36. The Morgan fingerprint density at radius 1 is 1.30 bits per heavy atom. The van der Waals surface area contributed by atoms with Gasteiger partial charge in [0, 0.05) is 11.7 Å². The second-order valence-corrected chi connectivity index (χ2v) is 6.79. The van der Waals surface area contributed by atoms with Crippen LogP contribution in [0.1, 0.15) is 20.8 Å². The number of carbonyl (C=O) groups excluding carboxylic acids is 1. The molecular weight excluding hydrogens is 302 g/mol. The summed E-state index contributed by atoms with van der Waals surface area (Å²) in [4.78, 5) is 11.6. The first-order chi connectivity index (χ1) is 9.13. The van der Waals surface area contributed by atoms with Crippen LogP contribution in [0.3, 0.4) is 0 Å². The summed E-state index contributed by atoms with van der Waals surface area (Å²) < 4.78 is 26.6. The van der Waals surface area contributed by atoms with Crippen LogP contribution in [0.25, 0.3) is 0 Å². The molecule has 1 unspecified atom stereocenters. The van der Waals surface area contributed by atoms with E-state index in [0.29, 0.717) is 0 Å². The summed E-state index contributed by atoms with van der Waals surface area (Å²) in [5.74, 6) is -0.413. The lowest BCUT2D eigenvalue weighted by Gasteiger charge is -2.16. The van der Waals surface area contributed by atoms with Gasteiger partial charge in [-0.2, -0.15) is 4.72 Å². The van der Waals surface area contributed by atoms with Crippen molar-refractivity contribution in [2.45, 2.75) is 37.8 Å². The number of nitrogens with two attached hydrogens (primary N) is 1. The average molecular weight is 320 g/mol. The SMILES string of the molecule is CC(C)NC(=O)C(C)NS(=O)(=O)c1cc(N)ccc1Cl. The quantitative estimate of drug-likeness (QED) is 0.708. The number of sulfonamides is 1. The molecule has 112 valence electrons. The van der Waals surface area contributed by atoms with Gasteiger partial charge in [0.25, 0.3) is 0 Å². The number of hydrogen-bond donors (Lipinski definition) is 3. The minimum absolute atomic E-state index is 0.0446. The predicted molar refractivity (Wildman–Crippen MR) is 78.9 cm³/mol. The van der Waals surface area contributed by atoms with Crippen LogP contribution in [0.5, 0.6) is 0 Å². The molecule has 8 heteroatoms. The van der Waals surface area contributed by atoms with Gasteiger partial charge in [-0.15, -0.1) is 0 Å². The fourth-order valence-electron chi connectivity index (χ4n) is 1.49. The summed E-state index contributed by atoms with van der Waals surface area (Å²) in [5.41, 5.74) is 5.82. The van der Waals surface area contributed by atoms with Crippen molar-refractivity contribution in [2.75, 3.05) is 5.73 Å². The molecule has 0 bridgehead atoms. The van der Waals surface area contributed by atoms with Crippen molar-refractivity contribution >= 4 is 33.2 Å². The maximum Gasteiger partial charge on any atom is 0.242 e. The zero-order valence-electron chi connectivity index (χ0n) is 11.5. The fraction of sp³-hybridized carbons (Fsp3) is 0.417. The average Bonchev–Trinajstić information content (AvgIpc) is 2.30. The van der Waals surface area contributed by atoms with E-state index in [1.807, 2.05) is 0 Å². The van der Waals surface area contributed by atoms with E-state index in [0.717, 1.165) is 0 Å². The summed E-state index contributed by atoms with van der Waals surface area (Å²) >= 11 is 5.85. The molecule has 0 radical (unpaired) electrons. The molecule has 0 aromatic heterocycles. The van der Waals surface area contributed by atoms with Crippen LogP contribution in [0.15, 0.2) is 23.1 Å². The van der Waals surface area contributed by atoms with Gasteiger partial charge in [-0.05, 0) is 39.0 Å². The fourth-order valence-corrected chi connectivity index (χ4v) is 3.22. The second kappa shape index (κ2) is 6.43. The molecule has 6 nitrogen and oxygen atoms in total. The Bertz CT molecular complexity index is 602. The molecule has 1 aromatic rings. The lowest BCUT2D eigenvalue weighted by molar-refractivity contribution is -0.122. The molecule has 1 amide bonds. The molecular formula is C12H18ClN3O3S. The Labute approximate surface area is 123 Å². The first kappa shape index (κ1) is 16.7. The first-order valence-electron chi connectivity index (χ1n) is 6.01. The Kier molecular flexibility index (Phi) is 5.38. The highest BCUT2D eigenvalue weighted by molar-refractivity contribution is 7.89. The maximum absolute atomic E-state index is 12.2. The molecule has 0 fully saturated rings. The Balaban J connectivity index is 2.95. The molecule has 1 atom stereocenters. The van der Waals surface area contributed by atoms with E-state index < -0.39 is 22.0 Å². The molecule has 0 saturated carbocycles. The topological polar surface area (TPSA) is 101 Å². The van der Waals surface area contributed by atoms with Crippen LogP contribution in [0.2, 0.25) is 5.02 Å². The van der Waals surface area contributed by atoms with E-state index in [9.17, 15) is 13.2 Å². The number of rotatable bonds is 5. The van der Waals surface area contributed by atoms with Gasteiger partial charge >= 0.3 is 0 Å². The molecule has 0 aliphatic rings. The molecule has 0 heterocycles. The van der Waals surface area contributed by atoms with Crippen LogP contribution >= 0.6 is 11.6 Å². The molecule has 0 aliphatic carbocycles. The molecule has 0 saturated heterocycles. The smallest absolute Gasteiger partial charge is 0.242 e. The largest absolute Gasteiger partial charge is 0.399 e. The predicted octanol–water partition coefficient (Wildman–Crippen LogP) is 1.11. The second-order valence-electron chi connectivity index (χ2n) is 4.70. The van der Waals surface area contributed by atoms with Crippen LogP contribution in [-0.2, 0) is 14.8 Å². The lowest BCUT2D eigenvalue weighted by Crippen LogP contribution is -2.46. The minimum atomic E-state index is -3.92. The maximum atomic E-state index is 12.2. The Morgan fingerprint density at radius 3 is 2.45 bits per heavy atom. The summed E-state index contributed by atoms with van der Waals surface area (Å²) in [5, 5.41) is 2.66. The van der Waals surface area contributed by atoms with E-state index in [1.165, 1.54) is 25.1 Å². The summed E-state index contributed by atoms with van der Waals surface area (Å²) in [6, 6.07) is 3.14. The van der Waals surface area contributed by atoms with E-state index in [1.54, 1.807) is 13.8 Å². The molecule has 0 spiro atoms. The highest BCUT2D eigenvalue weighted by Gasteiger charge is 2.24. The van der Waals surface area contributed by atoms with Crippen LogP contribution in [0, 0.1) is 0 Å². The highest BCUT2D eigenvalue weighted by Crippen LogP contribution is 2.23. The van der Waals surface area contributed by atoms with Crippen molar-refractivity contribution in [2.24, 2.45) is 0 Å². The monoisotopic (exact) mass is 319 g/mol. The zero-order chi connectivity index (χ0) is 15.5. The Morgan fingerprint density at radius 2 is 1.90 bits per heavy atom. The molecule has 0 aliphatic heterocycles. The normalized spacial score (nSPS) is 13.2. The number of hydrogen-bond acceptors (Lipinski definition) is 4. The van der Waals surface area contributed by atoms with Gasteiger partial charge in [-0.1, -0.05) is 11.6 Å². The molecule has 4 N–H and O–H groups in total. The van der Waals surface area contributed by atoms with E-state index >= 15 is 0 Å². The van der Waals surface area contributed by atoms with Crippen molar-refractivity contribution in [3.63, 3.8) is 0 Å². The van der Waals surface area contributed by atoms with Gasteiger partial charge in [0.15, 0.2) is 0 Å². The van der Waals surface area contributed by atoms with Gasteiger partial charge in [0.1, 0.15) is 4.90 Å². The zero-order valence-corrected chi connectivity index (χ0v) is 13.0. The Hall–Kier alpha value is -1.31. The van der Waals surface area contributed by atoms with Crippen LogP contribution in [-0.4, -0.2) is 26.4 Å². The standard InChI is InChI=1S/C12H18ClN3O3S/c1-7(2)15-12(17)8(3)16-20(18,19)11-6-9(14)4-5-10(11)13/h4-8,16H,14H2,1-3H3,(H,15,17). The molecule has 1 rings (SSSR count). The van der Waals surface area contributed by atoms with Gasteiger partial charge in [-0.25, -0.2) is 8.42 Å². The third-order valence-corrected chi connectivity index (χ3v) is 4.42. The first-order valence-corrected chi connectivity index (χ1v) is 7.87. The van der Waals surface area contributed by atoms with Gasteiger partial charge in [-0.3, -0.25) is 4.79 Å². The number of nitrogens with one attached hydrogen (secondary N) is 2. The number of amides is 1. The summed E-state index contributed by atoms with van der Waals surface area (Å²) in [6.07, 6.45) is 0. The van der Waals surface area contributed by atoms with Crippen LogP contribution < -0.4 is 15.8 Å². The van der Waals surface area contributed by atoms with Crippen molar-refractivity contribution in [3.05, 3.63) is 23.2 Å². The van der Waals surface area contributed by atoms with Crippen molar-refractivity contribution in [3.8, 4) is 0 Å². The summed E-state index contributed by atoms with van der Waals surface area (Å²) in [7, 11) is -3.92. The van der Waals surface area contributed by atoms with Gasteiger partial charge < -0.3 is 11.1 Å². The lowest BCUT2D eigenvalue weighted by atomic mass is 10.3. The van der Waals surface area contributed by atoms with E-state index in [-0.39, 0.29) is 21.6 Å². The molecule has 1 aromatic carbocycles. The van der Waals surface area contributed by atoms with Crippen molar-refractivity contribution in [1.29, 1.82) is 0 Å². The number of carbonyl (C=O) groups is 1. The van der Waals surface area contributed by atoms with Gasteiger partial charge in [0.2, 0.25) is 15.9 Å². The van der Waals surface area contributed by atoms with Gasteiger partial charge in [0.05, 0.1) is 11.1 Å². The number of nitrogen functional groups attached to an aromatic ring is 1. The molecule has 20 heavy (non-hydrogen) atoms. The van der Waals surface area contributed by atoms with Crippen molar-refractivity contribution < 1.29 is 13.2 Å². The number of anilines is 1. The number of benzene rings is 1. The third-order valence-electron chi connectivity index (χ3n) is 2.40. The minimum Gasteiger partial charge on any atom is -0.399 e. The van der Waals surface area contributed by atoms with E-state index in [4.69, 9.17) is 17.3 Å².